The van der Waals surface area contributed by atoms with Crippen molar-refractivity contribution in [3.63, 3.8) is 0 Å². The lowest BCUT2D eigenvalue weighted by atomic mass is 10.2. The van der Waals surface area contributed by atoms with Gasteiger partial charge in [0.1, 0.15) is 12.4 Å². The summed E-state index contributed by atoms with van der Waals surface area (Å²) in [6, 6.07) is 13.7. The van der Waals surface area contributed by atoms with E-state index < -0.39 is 4.92 Å². The fraction of sp³-hybridized carbons (Fsp3) is 0.133. The van der Waals surface area contributed by atoms with Gasteiger partial charge >= 0.3 is 0 Å². The highest BCUT2D eigenvalue weighted by Gasteiger charge is 2.09. The highest BCUT2D eigenvalue weighted by atomic mass is 79.9. The minimum Gasteiger partial charge on any atom is -0.490 e. The second-order valence-corrected chi connectivity index (χ2v) is 5.10. The minimum absolute atomic E-state index is 0.0130. The first kappa shape index (κ1) is 16.0. The highest BCUT2D eigenvalue weighted by Crippen LogP contribution is 2.16. The number of benzene rings is 2. The van der Waals surface area contributed by atoms with Crippen LogP contribution in [0.2, 0.25) is 0 Å². The monoisotopic (exact) mass is 364 g/mol. The first-order valence-corrected chi connectivity index (χ1v) is 7.23. The molecule has 0 aliphatic carbocycles. The lowest BCUT2D eigenvalue weighted by Gasteiger charge is -2.04. The van der Waals surface area contributed by atoms with E-state index in [9.17, 15) is 10.1 Å². The average Bonchev–Trinajstić information content (AvgIpc) is 2.52. The van der Waals surface area contributed by atoms with Crippen molar-refractivity contribution >= 4 is 27.8 Å². The molecule has 0 unspecified atom stereocenters. The standard InChI is InChI=1S/C15H13BrN2O4/c16-13-5-7-14(8-6-13)21-9-10-22-17-11-12-3-1-2-4-15(12)18(19)20/h1-8,11H,9-10H2/b17-11+. The zero-order valence-corrected chi connectivity index (χ0v) is 13.1. The van der Waals surface area contributed by atoms with Crippen molar-refractivity contribution in [3.05, 3.63) is 68.7 Å². The molecule has 0 heterocycles. The number of oxime groups is 1. The van der Waals surface area contributed by atoms with Crippen molar-refractivity contribution in [2.45, 2.75) is 0 Å². The summed E-state index contributed by atoms with van der Waals surface area (Å²) in [5, 5.41) is 14.5. The molecule has 0 N–H and O–H groups in total. The summed E-state index contributed by atoms with van der Waals surface area (Å²) < 4.78 is 6.42. The van der Waals surface area contributed by atoms with Gasteiger partial charge in [-0.05, 0) is 30.3 Å². The summed E-state index contributed by atoms with van der Waals surface area (Å²) in [5.74, 6) is 0.731. The largest absolute Gasteiger partial charge is 0.490 e. The van der Waals surface area contributed by atoms with Gasteiger partial charge in [0.25, 0.3) is 5.69 Å². The van der Waals surface area contributed by atoms with Crippen LogP contribution in [0.5, 0.6) is 5.75 Å². The predicted octanol–water partition coefficient (Wildman–Crippen LogP) is 3.79. The first-order valence-electron chi connectivity index (χ1n) is 6.44. The van der Waals surface area contributed by atoms with E-state index in [0.717, 1.165) is 10.2 Å². The zero-order chi connectivity index (χ0) is 15.8. The number of hydrogen-bond acceptors (Lipinski definition) is 5. The molecular formula is C15H13BrN2O4. The van der Waals surface area contributed by atoms with Gasteiger partial charge in [-0.1, -0.05) is 33.2 Å². The average molecular weight is 365 g/mol. The number of rotatable bonds is 7. The van der Waals surface area contributed by atoms with E-state index in [4.69, 9.17) is 9.57 Å². The minimum atomic E-state index is -0.460. The van der Waals surface area contributed by atoms with Crippen LogP contribution < -0.4 is 4.74 Å². The quantitative estimate of drug-likeness (QED) is 0.324. The van der Waals surface area contributed by atoms with Crippen molar-refractivity contribution in [3.8, 4) is 5.75 Å². The van der Waals surface area contributed by atoms with Crippen LogP contribution in [0.3, 0.4) is 0 Å². The molecule has 114 valence electrons. The molecular weight excluding hydrogens is 352 g/mol. The molecule has 6 nitrogen and oxygen atoms in total. The Balaban J connectivity index is 1.77. The number of nitrogens with zero attached hydrogens (tertiary/aromatic N) is 2. The molecule has 0 aromatic heterocycles. The SMILES string of the molecule is O=[N+]([O-])c1ccccc1/C=N/OCCOc1ccc(Br)cc1. The summed E-state index contributed by atoms with van der Waals surface area (Å²) in [7, 11) is 0. The van der Waals surface area contributed by atoms with Crippen LogP contribution in [0, 0.1) is 10.1 Å². The Hall–Kier alpha value is -2.41. The van der Waals surface area contributed by atoms with Gasteiger partial charge in [-0.3, -0.25) is 10.1 Å². The van der Waals surface area contributed by atoms with Gasteiger partial charge in [0.15, 0.2) is 6.61 Å². The number of nitro benzene ring substituents is 1. The Morgan fingerprint density at radius 2 is 1.86 bits per heavy atom. The first-order chi connectivity index (χ1) is 10.7. The Bertz CT molecular complexity index is 659. The normalized spacial score (nSPS) is 10.6. The maximum Gasteiger partial charge on any atom is 0.278 e. The van der Waals surface area contributed by atoms with Gasteiger partial charge in [-0.2, -0.15) is 0 Å². The van der Waals surface area contributed by atoms with Gasteiger partial charge in [0.2, 0.25) is 0 Å². The second kappa shape index (κ2) is 8.14. The maximum atomic E-state index is 10.8. The van der Waals surface area contributed by atoms with Crippen molar-refractivity contribution in [2.75, 3.05) is 13.2 Å². The summed E-state index contributed by atoms with van der Waals surface area (Å²) in [6.07, 6.45) is 1.32. The van der Waals surface area contributed by atoms with E-state index >= 15 is 0 Å². The highest BCUT2D eigenvalue weighted by molar-refractivity contribution is 9.10. The molecule has 2 rings (SSSR count). The van der Waals surface area contributed by atoms with Gasteiger partial charge in [-0.25, -0.2) is 0 Å². The van der Waals surface area contributed by atoms with Crippen LogP contribution in [0.1, 0.15) is 5.56 Å². The lowest BCUT2D eigenvalue weighted by molar-refractivity contribution is -0.385. The lowest BCUT2D eigenvalue weighted by Crippen LogP contribution is -2.04. The summed E-state index contributed by atoms with van der Waals surface area (Å²) in [5.41, 5.74) is 0.377. The van der Waals surface area contributed by atoms with Gasteiger partial charge in [0, 0.05) is 10.5 Å². The number of halogens is 1. The molecule has 2 aromatic rings. The topological polar surface area (TPSA) is 74.0 Å². The van der Waals surface area contributed by atoms with Crippen molar-refractivity contribution in [2.24, 2.45) is 5.16 Å². The number of nitro groups is 1. The smallest absolute Gasteiger partial charge is 0.278 e. The molecule has 0 saturated heterocycles. The van der Waals surface area contributed by atoms with Crippen LogP contribution in [-0.4, -0.2) is 24.4 Å². The molecule has 0 aliphatic rings. The van der Waals surface area contributed by atoms with Crippen LogP contribution in [0.4, 0.5) is 5.69 Å². The van der Waals surface area contributed by atoms with Crippen molar-refractivity contribution in [1.29, 1.82) is 0 Å². The molecule has 0 atom stereocenters. The molecule has 22 heavy (non-hydrogen) atoms. The third-order valence-electron chi connectivity index (χ3n) is 2.66. The Morgan fingerprint density at radius 1 is 1.14 bits per heavy atom. The summed E-state index contributed by atoms with van der Waals surface area (Å²) in [6.45, 7) is 0.572. The van der Waals surface area contributed by atoms with Crippen LogP contribution in [-0.2, 0) is 4.84 Å². The second-order valence-electron chi connectivity index (χ2n) is 4.19. The number of ether oxygens (including phenoxy) is 1. The Morgan fingerprint density at radius 3 is 2.59 bits per heavy atom. The molecule has 0 saturated carbocycles. The van der Waals surface area contributed by atoms with Gasteiger partial charge < -0.3 is 9.57 Å². The van der Waals surface area contributed by atoms with E-state index in [2.05, 4.69) is 21.1 Å². The number of hydrogen-bond donors (Lipinski definition) is 0. The Labute approximate surface area is 135 Å². The van der Waals surface area contributed by atoms with E-state index in [0.29, 0.717) is 12.2 Å². The summed E-state index contributed by atoms with van der Waals surface area (Å²) >= 11 is 3.34. The van der Waals surface area contributed by atoms with Crippen LogP contribution >= 0.6 is 15.9 Å². The zero-order valence-electron chi connectivity index (χ0n) is 11.5. The molecule has 0 radical (unpaired) electrons. The third kappa shape index (κ3) is 4.85. The predicted molar refractivity (Wildman–Crippen MR) is 86.3 cm³/mol. The molecule has 0 bridgehead atoms. The Kier molecular flexibility index (Phi) is 5.91. The molecule has 0 fully saturated rings. The fourth-order valence-corrected chi connectivity index (χ4v) is 1.90. The maximum absolute atomic E-state index is 10.8. The van der Waals surface area contributed by atoms with Crippen molar-refractivity contribution < 1.29 is 14.5 Å². The van der Waals surface area contributed by atoms with E-state index in [1.807, 2.05) is 24.3 Å². The van der Waals surface area contributed by atoms with E-state index in [1.54, 1.807) is 18.2 Å². The van der Waals surface area contributed by atoms with Crippen molar-refractivity contribution in [1.82, 2.24) is 0 Å². The fourth-order valence-electron chi connectivity index (χ4n) is 1.64. The molecule has 2 aromatic carbocycles. The molecule has 0 spiro atoms. The van der Waals surface area contributed by atoms with Gasteiger partial charge in [-0.15, -0.1) is 0 Å². The van der Waals surface area contributed by atoms with Gasteiger partial charge in [0.05, 0.1) is 16.7 Å². The molecule has 0 amide bonds. The van der Waals surface area contributed by atoms with Crippen LogP contribution in [0.15, 0.2) is 58.2 Å². The molecule has 7 heteroatoms. The van der Waals surface area contributed by atoms with E-state index in [-0.39, 0.29) is 12.3 Å². The van der Waals surface area contributed by atoms with E-state index in [1.165, 1.54) is 12.3 Å². The molecule has 0 aliphatic heterocycles. The van der Waals surface area contributed by atoms with Crippen LogP contribution in [0.25, 0.3) is 0 Å². The summed E-state index contributed by atoms with van der Waals surface area (Å²) in [4.78, 5) is 15.4. The third-order valence-corrected chi connectivity index (χ3v) is 3.19. The number of para-hydroxylation sites is 1.